The molecule has 1 spiro atoms. The highest BCUT2D eigenvalue weighted by Gasteiger charge is 2.71. The number of esters is 1. The second-order valence-corrected chi connectivity index (χ2v) is 10.8. The number of unbranched alkanes of at least 4 members (excludes halogenated alkanes) is 1. The van der Waals surface area contributed by atoms with Crippen molar-refractivity contribution in [2.24, 2.45) is 29.1 Å². The number of hydrogen-bond donors (Lipinski definition) is 1. The zero-order valence-electron chi connectivity index (χ0n) is 18.3. The number of halogens is 2. The van der Waals surface area contributed by atoms with Crippen molar-refractivity contribution in [1.29, 1.82) is 0 Å². The predicted molar refractivity (Wildman–Crippen MR) is 122 cm³/mol. The van der Waals surface area contributed by atoms with Gasteiger partial charge in [0.15, 0.2) is 0 Å². The van der Waals surface area contributed by atoms with E-state index in [9.17, 15) is 14.0 Å². The molecule has 1 aliphatic heterocycles. The van der Waals surface area contributed by atoms with E-state index in [1.807, 2.05) is 6.07 Å². The lowest BCUT2D eigenvalue weighted by atomic mass is 9.78. The van der Waals surface area contributed by atoms with Crippen LogP contribution in [0.5, 0.6) is 0 Å². The van der Waals surface area contributed by atoms with Crippen LogP contribution in [-0.2, 0) is 14.3 Å². The van der Waals surface area contributed by atoms with Crippen LogP contribution in [0, 0.1) is 29.1 Å². The summed E-state index contributed by atoms with van der Waals surface area (Å²) >= 11 is 3.31. The Hall–Kier alpha value is -1.54. The van der Waals surface area contributed by atoms with Crippen LogP contribution in [0.15, 0.2) is 22.9 Å². The van der Waals surface area contributed by atoms with Crippen LogP contribution in [0.1, 0.15) is 44.9 Å². The van der Waals surface area contributed by atoms with E-state index in [1.54, 1.807) is 12.3 Å². The molecule has 0 unspecified atom stereocenters. The Labute approximate surface area is 196 Å². The number of nitrogens with one attached hydrogen (secondary N) is 1. The predicted octanol–water partition coefficient (Wildman–Crippen LogP) is 4.20. The maximum Gasteiger partial charge on any atom is 0.310 e. The second kappa shape index (κ2) is 9.01. The summed E-state index contributed by atoms with van der Waals surface area (Å²) in [6.07, 6.45) is 7.51. The van der Waals surface area contributed by atoms with Crippen LogP contribution in [0.2, 0.25) is 0 Å². The Bertz CT molecular complexity index is 863. The van der Waals surface area contributed by atoms with Gasteiger partial charge in [0, 0.05) is 13.1 Å². The minimum Gasteiger partial charge on any atom is -0.465 e. The first-order valence-corrected chi connectivity index (χ1v) is 12.7. The number of amides is 1. The number of alkyl halides is 1. The molecule has 1 aromatic rings. The summed E-state index contributed by atoms with van der Waals surface area (Å²) in [6.45, 7) is 2.57. The maximum absolute atomic E-state index is 13.3. The Morgan fingerprint density at radius 1 is 1.19 bits per heavy atom. The summed E-state index contributed by atoms with van der Waals surface area (Å²) in [5.41, 5.74) is 0.831. The Balaban J connectivity index is 1.18. The van der Waals surface area contributed by atoms with Gasteiger partial charge in [-0.25, -0.2) is 9.37 Å². The van der Waals surface area contributed by atoms with Gasteiger partial charge in [0.1, 0.15) is 10.8 Å². The fourth-order valence-electron chi connectivity index (χ4n) is 6.70. The van der Waals surface area contributed by atoms with Crippen LogP contribution < -0.4 is 5.32 Å². The molecule has 2 heterocycles. The number of anilines is 1. The van der Waals surface area contributed by atoms with E-state index in [0.717, 1.165) is 51.6 Å². The average Bonchev–Trinajstić information content (AvgIpc) is 3.26. The van der Waals surface area contributed by atoms with Crippen LogP contribution in [0.3, 0.4) is 0 Å². The van der Waals surface area contributed by atoms with Gasteiger partial charge in [-0.2, -0.15) is 0 Å². The fraction of sp³-hybridized carbons (Fsp3) is 0.708. The van der Waals surface area contributed by atoms with Gasteiger partial charge in [-0.05, 0) is 96.8 Å². The van der Waals surface area contributed by atoms with Gasteiger partial charge in [0.05, 0.1) is 30.3 Å². The van der Waals surface area contributed by atoms with Crippen LogP contribution in [0.25, 0.3) is 0 Å². The monoisotopic (exact) mass is 507 g/mol. The SMILES string of the molecule is O=C(OCCCCN1CC[C@H](F)C1)[C@H]1[C@H](C(=O)Nc2ccc(Br)nc2)[C@@H]2CC[C@H]1C21CC1. The zero-order chi connectivity index (χ0) is 22.3. The number of carbonyl (C=O) groups is 2. The molecule has 1 N–H and O–H groups in total. The maximum atomic E-state index is 13.3. The van der Waals surface area contributed by atoms with Gasteiger partial charge in [0.25, 0.3) is 0 Å². The van der Waals surface area contributed by atoms with E-state index in [2.05, 4.69) is 31.1 Å². The number of carbonyl (C=O) groups excluding carboxylic acids is 2. The molecule has 0 radical (unpaired) electrons. The third-order valence-electron chi connectivity index (χ3n) is 8.24. The van der Waals surface area contributed by atoms with Crippen LogP contribution >= 0.6 is 15.9 Å². The molecule has 174 valence electrons. The molecule has 1 amide bonds. The van der Waals surface area contributed by atoms with Crippen LogP contribution in [0.4, 0.5) is 10.1 Å². The van der Waals surface area contributed by atoms with Crippen LogP contribution in [-0.4, -0.2) is 54.2 Å². The summed E-state index contributed by atoms with van der Waals surface area (Å²) in [4.78, 5) is 32.7. The van der Waals surface area contributed by atoms with Crippen molar-refractivity contribution >= 4 is 33.5 Å². The summed E-state index contributed by atoms with van der Waals surface area (Å²) in [6, 6.07) is 3.61. The minimum atomic E-state index is -0.698. The van der Waals surface area contributed by atoms with Gasteiger partial charge < -0.3 is 15.0 Å². The number of nitrogens with zero attached hydrogens (tertiary/aromatic N) is 2. The quantitative estimate of drug-likeness (QED) is 0.324. The van der Waals surface area contributed by atoms with E-state index in [-0.39, 0.29) is 41.0 Å². The largest absolute Gasteiger partial charge is 0.465 e. The standard InChI is InChI=1S/C24H31BrFN3O3/c25-19-6-3-16(13-27-19)28-22(30)20-17-4-5-18(24(17)8-9-24)21(20)23(31)32-12-2-1-10-29-11-7-15(26)14-29/h3,6,13,15,17-18,20-21H,1-2,4-5,7-12,14H2,(H,28,30)/t15-,17-,18+,20+,21+/m0/s1. The lowest BCUT2D eigenvalue weighted by Crippen LogP contribution is -2.38. The molecule has 32 heavy (non-hydrogen) atoms. The van der Waals surface area contributed by atoms with Crippen molar-refractivity contribution in [2.45, 2.75) is 51.1 Å². The van der Waals surface area contributed by atoms with E-state index in [0.29, 0.717) is 29.9 Å². The third-order valence-corrected chi connectivity index (χ3v) is 8.71. The number of hydrogen-bond acceptors (Lipinski definition) is 5. The van der Waals surface area contributed by atoms with Crippen molar-refractivity contribution < 1.29 is 18.7 Å². The third kappa shape index (κ3) is 4.20. The minimum absolute atomic E-state index is 0.0793. The highest BCUT2D eigenvalue weighted by molar-refractivity contribution is 9.10. The Morgan fingerprint density at radius 2 is 1.97 bits per heavy atom. The molecule has 5 rings (SSSR count). The van der Waals surface area contributed by atoms with Gasteiger partial charge in [-0.15, -0.1) is 0 Å². The van der Waals surface area contributed by atoms with Crippen molar-refractivity contribution in [1.82, 2.24) is 9.88 Å². The summed E-state index contributed by atoms with van der Waals surface area (Å²) in [7, 11) is 0. The normalized spacial score (nSPS) is 32.4. The van der Waals surface area contributed by atoms with E-state index < -0.39 is 6.17 Å². The molecule has 1 aromatic heterocycles. The van der Waals surface area contributed by atoms with E-state index in [1.165, 1.54) is 0 Å². The fourth-order valence-corrected chi connectivity index (χ4v) is 6.93. The molecule has 4 aliphatic rings. The number of pyridine rings is 1. The molecule has 4 fully saturated rings. The number of rotatable bonds is 8. The summed E-state index contributed by atoms with van der Waals surface area (Å²) in [5, 5.41) is 2.99. The first-order valence-electron chi connectivity index (χ1n) is 11.9. The van der Waals surface area contributed by atoms with Gasteiger partial charge >= 0.3 is 5.97 Å². The highest BCUT2D eigenvalue weighted by Crippen LogP contribution is 2.74. The molecular formula is C24H31BrFN3O3. The first kappa shape index (κ1) is 22.3. The van der Waals surface area contributed by atoms with Gasteiger partial charge in [-0.3, -0.25) is 9.59 Å². The molecule has 3 saturated carbocycles. The molecule has 6 nitrogen and oxygen atoms in total. The molecule has 3 aliphatic carbocycles. The Morgan fingerprint density at radius 3 is 2.62 bits per heavy atom. The first-order chi connectivity index (χ1) is 15.5. The second-order valence-electron chi connectivity index (χ2n) is 10.00. The molecule has 0 aromatic carbocycles. The van der Waals surface area contributed by atoms with E-state index in [4.69, 9.17) is 4.74 Å². The number of likely N-dealkylation sites (tertiary alicyclic amines) is 1. The van der Waals surface area contributed by atoms with E-state index >= 15 is 0 Å². The molecule has 8 heteroatoms. The lowest BCUT2D eigenvalue weighted by Gasteiger charge is -2.28. The van der Waals surface area contributed by atoms with Crippen molar-refractivity contribution in [2.75, 3.05) is 31.6 Å². The lowest BCUT2D eigenvalue weighted by molar-refractivity contribution is -0.154. The van der Waals surface area contributed by atoms with Gasteiger partial charge in [0.2, 0.25) is 5.91 Å². The Kier molecular flexibility index (Phi) is 6.27. The highest BCUT2D eigenvalue weighted by atomic mass is 79.9. The summed E-state index contributed by atoms with van der Waals surface area (Å²) < 4.78 is 19.7. The smallest absolute Gasteiger partial charge is 0.310 e. The molecule has 2 bridgehead atoms. The molecule has 1 saturated heterocycles. The van der Waals surface area contributed by atoms with Crippen molar-refractivity contribution in [3.8, 4) is 0 Å². The molecular weight excluding hydrogens is 477 g/mol. The van der Waals surface area contributed by atoms with Gasteiger partial charge in [-0.1, -0.05) is 0 Å². The van der Waals surface area contributed by atoms with Crippen molar-refractivity contribution in [3.63, 3.8) is 0 Å². The summed E-state index contributed by atoms with van der Waals surface area (Å²) in [5.74, 6) is -0.405. The zero-order valence-corrected chi connectivity index (χ0v) is 19.9. The van der Waals surface area contributed by atoms with Crippen molar-refractivity contribution in [3.05, 3.63) is 22.9 Å². The number of ether oxygens (including phenoxy) is 1. The molecule has 5 atom stereocenters. The number of aromatic nitrogens is 1. The topological polar surface area (TPSA) is 71.5 Å². The average molecular weight is 508 g/mol.